The van der Waals surface area contributed by atoms with Crippen LogP contribution in [0.15, 0.2) is 70.1 Å². The van der Waals surface area contributed by atoms with Crippen molar-refractivity contribution < 1.29 is 23.4 Å². The SMILES string of the molecule is COC(=O)COc1cc(N2C=C(c3ccccc3Br)OC2N)ccc1-c1cnco1. The number of aromatic nitrogens is 1. The number of hydrogen-bond acceptors (Lipinski definition) is 8. The maximum absolute atomic E-state index is 11.6. The van der Waals surface area contributed by atoms with Crippen molar-refractivity contribution in [1.29, 1.82) is 0 Å². The number of anilines is 1. The van der Waals surface area contributed by atoms with Gasteiger partial charge < -0.3 is 18.6 Å². The fourth-order valence-electron chi connectivity index (χ4n) is 2.97. The lowest BCUT2D eigenvalue weighted by molar-refractivity contribution is -0.142. The van der Waals surface area contributed by atoms with E-state index in [1.54, 1.807) is 23.2 Å². The van der Waals surface area contributed by atoms with Crippen LogP contribution in [0.1, 0.15) is 5.56 Å². The molecule has 0 aliphatic carbocycles. The molecule has 2 heterocycles. The standard InChI is InChI=1S/C21H18BrN3O5/c1-27-20(26)11-28-17-8-13(6-7-15(17)18-9-24-12-29-18)25-10-19(30-21(25)23)14-4-2-3-5-16(14)22/h2-10,12,21H,11,23H2,1H3. The fraction of sp³-hybridized carbons (Fsp3) is 0.143. The quantitative estimate of drug-likeness (QED) is 0.542. The molecule has 154 valence electrons. The van der Waals surface area contributed by atoms with Gasteiger partial charge >= 0.3 is 5.97 Å². The lowest BCUT2D eigenvalue weighted by Crippen LogP contribution is -2.36. The van der Waals surface area contributed by atoms with E-state index in [1.165, 1.54) is 13.5 Å². The zero-order valence-electron chi connectivity index (χ0n) is 15.9. The summed E-state index contributed by atoms with van der Waals surface area (Å²) < 4.78 is 22.5. The first kappa shape index (κ1) is 20.0. The van der Waals surface area contributed by atoms with E-state index < -0.39 is 12.3 Å². The van der Waals surface area contributed by atoms with E-state index >= 15 is 0 Å². The summed E-state index contributed by atoms with van der Waals surface area (Å²) in [5, 5.41) is 0. The molecule has 4 rings (SSSR count). The van der Waals surface area contributed by atoms with Gasteiger partial charge in [-0.3, -0.25) is 10.6 Å². The maximum atomic E-state index is 11.6. The molecule has 1 aliphatic heterocycles. The van der Waals surface area contributed by atoms with Gasteiger partial charge in [-0.25, -0.2) is 9.78 Å². The Morgan fingerprint density at radius 3 is 2.83 bits per heavy atom. The molecule has 2 N–H and O–H groups in total. The Labute approximate surface area is 181 Å². The van der Waals surface area contributed by atoms with Crippen molar-refractivity contribution in [3.63, 3.8) is 0 Å². The van der Waals surface area contributed by atoms with Crippen LogP contribution in [0.4, 0.5) is 5.69 Å². The molecule has 1 aromatic heterocycles. The predicted octanol–water partition coefficient (Wildman–Crippen LogP) is 3.73. The van der Waals surface area contributed by atoms with Crippen molar-refractivity contribution in [3.05, 3.63) is 71.3 Å². The Bertz CT molecular complexity index is 1080. The van der Waals surface area contributed by atoms with Crippen LogP contribution in [0, 0.1) is 0 Å². The molecule has 3 aromatic rings. The number of methoxy groups -OCH3 is 1. The van der Waals surface area contributed by atoms with E-state index in [4.69, 9.17) is 19.6 Å². The summed E-state index contributed by atoms with van der Waals surface area (Å²) in [5.74, 6) is 1.06. The number of nitrogens with two attached hydrogens (primary N) is 1. The van der Waals surface area contributed by atoms with Crippen LogP contribution in [0.3, 0.4) is 0 Å². The third-order valence-corrected chi connectivity index (χ3v) is 5.14. The summed E-state index contributed by atoms with van der Waals surface area (Å²) in [7, 11) is 1.30. The van der Waals surface area contributed by atoms with Crippen molar-refractivity contribution in [1.82, 2.24) is 4.98 Å². The second kappa shape index (κ2) is 8.60. The molecule has 1 aliphatic rings. The normalized spacial score (nSPS) is 15.5. The Morgan fingerprint density at radius 1 is 1.27 bits per heavy atom. The minimum absolute atomic E-state index is 0.248. The molecule has 0 spiro atoms. The first-order chi connectivity index (χ1) is 14.6. The van der Waals surface area contributed by atoms with Crippen LogP contribution in [0.2, 0.25) is 0 Å². The predicted molar refractivity (Wildman–Crippen MR) is 113 cm³/mol. The van der Waals surface area contributed by atoms with E-state index in [0.29, 0.717) is 28.5 Å². The number of halogens is 1. The Balaban J connectivity index is 1.68. The third-order valence-electron chi connectivity index (χ3n) is 4.45. The van der Waals surface area contributed by atoms with E-state index in [1.807, 2.05) is 36.5 Å². The van der Waals surface area contributed by atoms with E-state index in [9.17, 15) is 4.79 Å². The average molecular weight is 472 g/mol. The smallest absolute Gasteiger partial charge is 0.343 e. The highest BCUT2D eigenvalue weighted by molar-refractivity contribution is 9.10. The molecule has 1 unspecified atom stereocenters. The van der Waals surface area contributed by atoms with Crippen molar-refractivity contribution >= 4 is 33.3 Å². The average Bonchev–Trinajstić information content (AvgIpc) is 3.42. The largest absolute Gasteiger partial charge is 0.481 e. The summed E-state index contributed by atoms with van der Waals surface area (Å²) in [6.45, 7) is -0.248. The maximum Gasteiger partial charge on any atom is 0.343 e. The van der Waals surface area contributed by atoms with Gasteiger partial charge in [-0.15, -0.1) is 0 Å². The monoisotopic (exact) mass is 471 g/mol. The van der Waals surface area contributed by atoms with E-state index in [0.717, 1.165) is 10.0 Å². The molecule has 1 atom stereocenters. The molecule has 30 heavy (non-hydrogen) atoms. The number of hydrogen-bond donors (Lipinski definition) is 1. The molecule has 0 saturated carbocycles. The Hall–Kier alpha value is -3.30. The molecular weight excluding hydrogens is 454 g/mol. The molecule has 8 nitrogen and oxygen atoms in total. The number of nitrogens with zero attached hydrogens (tertiary/aromatic N) is 2. The van der Waals surface area contributed by atoms with Gasteiger partial charge in [0.25, 0.3) is 0 Å². The molecular formula is C21H18BrN3O5. The highest BCUT2D eigenvalue weighted by atomic mass is 79.9. The number of carbonyl (C=O) groups excluding carboxylic acids is 1. The van der Waals surface area contributed by atoms with Gasteiger partial charge in [0.15, 0.2) is 18.8 Å². The topological polar surface area (TPSA) is 100 Å². The van der Waals surface area contributed by atoms with Crippen LogP contribution < -0.4 is 15.4 Å². The summed E-state index contributed by atoms with van der Waals surface area (Å²) in [4.78, 5) is 17.3. The number of oxazole rings is 1. The van der Waals surface area contributed by atoms with E-state index in [-0.39, 0.29) is 6.61 Å². The zero-order valence-corrected chi connectivity index (χ0v) is 17.5. The van der Waals surface area contributed by atoms with Crippen LogP contribution in [-0.2, 0) is 14.3 Å². The van der Waals surface area contributed by atoms with Crippen molar-refractivity contribution in [3.8, 4) is 17.1 Å². The second-order valence-corrected chi connectivity index (χ2v) is 7.15. The molecule has 0 radical (unpaired) electrons. The summed E-state index contributed by atoms with van der Waals surface area (Å²) in [6, 6.07) is 13.1. The molecule has 2 aromatic carbocycles. The fourth-order valence-corrected chi connectivity index (χ4v) is 3.45. The number of carbonyl (C=O) groups is 1. The number of rotatable bonds is 6. The summed E-state index contributed by atoms with van der Waals surface area (Å²) in [6.07, 6.45) is 3.98. The van der Waals surface area contributed by atoms with Crippen LogP contribution in [0.5, 0.6) is 5.75 Å². The lowest BCUT2D eigenvalue weighted by Gasteiger charge is -2.21. The van der Waals surface area contributed by atoms with Crippen molar-refractivity contribution in [2.45, 2.75) is 6.35 Å². The van der Waals surface area contributed by atoms with Crippen LogP contribution in [0.25, 0.3) is 17.1 Å². The number of esters is 1. The van der Waals surface area contributed by atoms with Gasteiger partial charge in [0.2, 0.25) is 6.35 Å². The highest BCUT2D eigenvalue weighted by Gasteiger charge is 2.27. The van der Waals surface area contributed by atoms with Crippen LogP contribution >= 0.6 is 15.9 Å². The first-order valence-corrected chi connectivity index (χ1v) is 9.76. The third kappa shape index (κ3) is 4.03. The van der Waals surface area contributed by atoms with Gasteiger partial charge in [0.05, 0.1) is 25.1 Å². The van der Waals surface area contributed by atoms with Gasteiger partial charge in [-0.05, 0) is 18.2 Å². The van der Waals surface area contributed by atoms with Gasteiger partial charge in [0.1, 0.15) is 11.5 Å². The lowest BCUT2D eigenvalue weighted by atomic mass is 10.1. The Kier molecular flexibility index (Phi) is 5.73. The minimum Gasteiger partial charge on any atom is -0.481 e. The molecule has 0 amide bonds. The van der Waals surface area contributed by atoms with Crippen molar-refractivity contribution in [2.24, 2.45) is 5.73 Å². The zero-order chi connectivity index (χ0) is 21.1. The highest BCUT2D eigenvalue weighted by Crippen LogP contribution is 2.37. The van der Waals surface area contributed by atoms with Gasteiger partial charge in [0, 0.05) is 21.8 Å². The second-order valence-electron chi connectivity index (χ2n) is 6.30. The molecule has 0 saturated heterocycles. The molecule has 0 fully saturated rings. The first-order valence-electron chi connectivity index (χ1n) is 8.96. The minimum atomic E-state index is -0.725. The van der Waals surface area contributed by atoms with Gasteiger partial charge in [-0.1, -0.05) is 34.1 Å². The molecule has 0 bridgehead atoms. The number of ether oxygens (including phenoxy) is 3. The number of benzene rings is 2. The summed E-state index contributed by atoms with van der Waals surface area (Å²) >= 11 is 3.53. The van der Waals surface area contributed by atoms with Crippen LogP contribution in [-0.4, -0.2) is 31.0 Å². The van der Waals surface area contributed by atoms with E-state index in [2.05, 4.69) is 25.7 Å². The Morgan fingerprint density at radius 2 is 2.10 bits per heavy atom. The molecule has 9 heteroatoms. The van der Waals surface area contributed by atoms with Gasteiger partial charge in [-0.2, -0.15) is 0 Å². The summed E-state index contributed by atoms with van der Waals surface area (Å²) in [5.41, 5.74) is 8.45. The van der Waals surface area contributed by atoms with Crippen molar-refractivity contribution in [2.75, 3.05) is 18.6 Å².